The van der Waals surface area contributed by atoms with Gasteiger partial charge in [-0.1, -0.05) is 0 Å². The van der Waals surface area contributed by atoms with Crippen molar-refractivity contribution in [2.75, 3.05) is 5.43 Å². The van der Waals surface area contributed by atoms with Crippen molar-refractivity contribution < 1.29 is 9.72 Å². The van der Waals surface area contributed by atoms with Gasteiger partial charge < -0.3 is 11.2 Å². The van der Waals surface area contributed by atoms with Crippen molar-refractivity contribution in [2.45, 2.75) is 0 Å². The minimum absolute atomic E-state index is 0.0975. The molecule has 0 aliphatic rings. The van der Waals surface area contributed by atoms with Gasteiger partial charge in [-0.3, -0.25) is 14.9 Å². The lowest BCUT2D eigenvalue weighted by atomic mass is 10.3. The Bertz CT molecular complexity index is 651. The van der Waals surface area contributed by atoms with E-state index in [-0.39, 0.29) is 22.9 Å². The summed E-state index contributed by atoms with van der Waals surface area (Å²) in [5.41, 5.74) is 7.25. The Morgan fingerprint density at radius 2 is 2.21 bits per heavy atom. The van der Waals surface area contributed by atoms with Crippen LogP contribution in [0.5, 0.6) is 0 Å². The maximum atomic E-state index is 11.0. The maximum absolute atomic E-state index is 11.0. The second-order valence-electron chi connectivity index (χ2n) is 3.51. The molecule has 0 unspecified atom stereocenters. The van der Waals surface area contributed by atoms with E-state index in [0.717, 1.165) is 0 Å². The number of nitro groups is 1. The topological polar surface area (TPSA) is 155 Å². The van der Waals surface area contributed by atoms with E-state index in [0.29, 0.717) is 0 Å². The van der Waals surface area contributed by atoms with E-state index in [4.69, 9.17) is 11.6 Å². The van der Waals surface area contributed by atoms with Crippen molar-refractivity contribution in [3.05, 3.63) is 40.2 Å². The smallest absolute Gasteiger partial charge is 0.276 e. The monoisotopic (exact) mass is 263 g/mol. The number of hydrogen-bond acceptors (Lipinski definition) is 7. The molecule has 0 aliphatic carbocycles. The van der Waals surface area contributed by atoms with E-state index >= 15 is 0 Å². The quantitative estimate of drug-likeness (QED) is 0.383. The Balaban J connectivity index is 2.50. The summed E-state index contributed by atoms with van der Waals surface area (Å²) in [5, 5.41) is 14.6. The van der Waals surface area contributed by atoms with Crippen molar-refractivity contribution >= 4 is 17.4 Å². The molecule has 98 valence electrons. The number of carbonyl (C=O) groups is 1. The highest BCUT2D eigenvalue weighted by Gasteiger charge is 2.13. The number of nitrogens with zero attached hydrogens (tertiary/aromatic N) is 4. The average Bonchev–Trinajstić information content (AvgIpc) is 2.87. The third kappa shape index (κ3) is 2.47. The minimum atomic E-state index is -0.658. The number of pyridine rings is 1. The second-order valence-corrected chi connectivity index (χ2v) is 3.51. The van der Waals surface area contributed by atoms with Crippen molar-refractivity contribution in [3.8, 4) is 5.82 Å². The van der Waals surface area contributed by atoms with Crippen molar-refractivity contribution in [3.63, 3.8) is 0 Å². The van der Waals surface area contributed by atoms with Gasteiger partial charge in [-0.2, -0.15) is 5.10 Å². The van der Waals surface area contributed by atoms with Gasteiger partial charge in [0, 0.05) is 6.20 Å². The van der Waals surface area contributed by atoms with E-state index in [1.165, 1.54) is 29.2 Å². The van der Waals surface area contributed by atoms with Gasteiger partial charge in [0.25, 0.3) is 11.6 Å². The number of hydrogen-bond donors (Lipinski definition) is 3. The molecule has 10 heteroatoms. The summed E-state index contributed by atoms with van der Waals surface area (Å²) >= 11 is 0. The molecule has 0 aromatic carbocycles. The maximum Gasteiger partial charge on any atom is 0.276 e. The highest BCUT2D eigenvalue weighted by atomic mass is 16.6. The molecule has 2 rings (SSSR count). The van der Waals surface area contributed by atoms with Crippen LogP contribution in [-0.4, -0.2) is 25.6 Å². The Kier molecular flexibility index (Phi) is 3.08. The third-order valence-electron chi connectivity index (χ3n) is 2.26. The molecule has 0 aliphatic heterocycles. The Morgan fingerprint density at radius 1 is 1.47 bits per heavy atom. The lowest BCUT2D eigenvalue weighted by molar-refractivity contribution is -0.384. The van der Waals surface area contributed by atoms with E-state index in [9.17, 15) is 14.9 Å². The summed E-state index contributed by atoms with van der Waals surface area (Å²) in [6.07, 6.45) is 2.55. The van der Waals surface area contributed by atoms with Crippen LogP contribution in [0.1, 0.15) is 10.4 Å². The summed E-state index contributed by atoms with van der Waals surface area (Å²) in [4.78, 5) is 25.1. The third-order valence-corrected chi connectivity index (χ3v) is 2.26. The van der Waals surface area contributed by atoms with Gasteiger partial charge in [-0.25, -0.2) is 15.5 Å². The fourth-order valence-electron chi connectivity index (χ4n) is 1.37. The first kappa shape index (κ1) is 12.4. The fraction of sp³-hybridized carbons (Fsp3) is 0. The molecule has 2 aromatic rings. The molecule has 19 heavy (non-hydrogen) atoms. The van der Waals surface area contributed by atoms with Crippen LogP contribution < -0.4 is 17.0 Å². The van der Waals surface area contributed by atoms with Crippen LogP contribution in [0, 0.1) is 10.1 Å². The normalized spacial score (nSPS) is 10.2. The number of rotatable bonds is 4. The zero-order chi connectivity index (χ0) is 14.0. The van der Waals surface area contributed by atoms with Crippen LogP contribution in [0.2, 0.25) is 0 Å². The molecule has 10 nitrogen and oxygen atoms in total. The number of amides is 1. The summed E-state index contributed by atoms with van der Waals surface area (Å²) in [6.45, 7) is 0. The van der Waals surface area contributed by atoms with Gasteiger partial charge in [-0.05, 0) is 0 Å². The Hall–Kier alpha value is -3.01. The molecule has 0 fully saturated rings. The van der Waals surface area contributed by atoms with Crippen LogP contribution in [0.4, 0.5) is 11.5 Å². The van der Waals surface area contributed by atoms with Crippen LogP contribution in [0.3, 0.4) is 0 Å². The minimum Gasteiger partial charge on any atom is -0.366 e. The number of nitrogens with one attached hydrogen (secondary N) is 1. The lowest BCUT2D eigenvalue weighted by Gasteiger charge is -2.04. The molecule has 2 heterocycles. The van der Waals surface area contributed by atoms with Crippen molar-refractivity contribution in [1.82, 2.24) is 14.8 Å². The molecular formula is C9H9N7O3. The van der Waals surface area contributed by atoms with Crippen molar-refractivity contribution in [1.29, 1.82) is 0 Å². The summed E-state index contributed by atoms with van der Waals surface area (Å²) < 4.78 is 1.19. The zero-order valence-corrected chi connectivity index (χ0v) is 9.48. The molecule has 0 atom stereocenters. The molecule has 2 aromatic heterocycles. The van der Waals surface area contributed by atoms with Gasteiger partial charge in [0.05, 0.1) is 28.8 Å². The number of nitrogens with two attached hydrogens (primary N) is 2. The van der Waals surface area contributed by atoms with Gasteiger partial charge >= 0.3 is 0 Å². The Morgan fingerprint density at radius 3 is 2.74 bits per heavy atom. The number of hydrazine groups is 1. The molecule has 1 amide bonds. The van der Waals surface area contributed by atoms with Crippen molar-refractivity contribution in [2.24, 2.45) is 11.6 Å². The molecule has 0 saturated carbocycles. The van der Waals surface area contributed by atoms with Gasteiger partial charge in [0.1, 0.15) is 5.82 Å². The molecular weight excluding hydrogens is 254 g/mol. The lowest BCUT2D eigenvalue weighted by Crippen LogP contribution is -2.11. The second kappa shape index (κ2) is 4.70. The van der Waals surface area contributed by atoms with Gasteiger partial charge in [0.2, 0.25) is 0 Å². The first-order valence-corrected chi connectivity index (χ1v) is 4.99. The number of carbonyl (C=O) groups excluding carboxylic acids is 1. The SMILES string of the molecule is NNc1cc([N+](=O)[O-])cc(-n2cc(C(N)=O)cn2)n1. The number of nitrogen functional groups attached to an aromatic ring is 1. The number of aromatic nitrogens is 3. The van der Waals surface area contributed by atoms with E-state index in [2.05, 4.69) is 15.5 Å². The molecule has 5 N–H and O–H groups in total. The van der Waals surface area contributed by atoms with Crippen LogP contribution >= 0.6 is 0 Å². The molecule has 0 radical (unpaired) electrons. The first-order chi connectivity index (χ1) is 9.01. The van der Waals surface area contributed by atoms with Gasteiger partial charge in [0.15, 0.2) is 5.82 Å². The van der Waals surface area contributed by atoms with E-state index in [1.54, 1.807) is 0 Å². The van der Waals surface area contributed by atoms with Crippen LogP contribution in [0.25, 0.3) is 5.82 Å². The number of anilines is 1. The zero-order valence-electron chi connectivity index (χ0n) is 9.48. The molecule has 0 saturated heterocycles. The summed E-state index contributed by atoms with van der Waals surface area (Å²) in [7, 11) is 0. The van der Waals surface area contributed by atoms with Crippen LogP contribution in [-0.2, 0) is 0 Å². The molecule has 0 spiro atoms. The highest BCUT2D eigenvalue weighted by molar-refractivity contribution is 5.92. The Labute approximate surface area is 106 Å². The standard InChI is InChI=1S/C9H9N7O3/c10-9(17)5-3-12-15(4-5)8-2-6(16(18)19)1-7(13-8)14-11/h1-4H,11H2,(H2,10,17)(H,13,14). The molecule has 0 bridgehead atoms. The first-order valence-electron chi connectivity index (χ1n) is 4.99. The largest absolute Gasteiger partial charge is 0.366 e. The predicted molar refractivity (Wildman–Crippen MR) is 64.3 cm³/mol. The van der Waals surface area contributed by atoms with E-state index < -0.39 is 10.8 Å². The number of primary amides is 1. The average molecular weight is 263 g/mol. The highest BCUT2D eigenvalue weighted by Crippen LogP contribution is 2.19. The summed E-state index contributed by atoms with van der Waals surface area (Å²) in [6, 6.07) is 2.36. The fourth-order valence-corrected chi connectivity index (χ4v) is 1.37. The van der Waals surface area contributed by atoms with Gasteiger partial charge in [-0.15, -0.1) is 0 Å². The summed E-state index contributed by atoms with van der Waals surface area (Å²) in [5.74, 6) is 4.75. The van der Waals surface area contributed by atoms with Crippen LogP contribution in [0.15, 0.2) is 24.5 Å². The predicted octanol–water partition coefficient (Wildman–Crippen LogP) is -0.440. The van der Waals surface area contributed by atoms with E-state index in [1.807, 2.05) is 0 Å².